The molecule has 0 spiro atoms. The molecule has 0 bridgehead atoms. The van der Waals surface area contributed by atoms with E-state index in [1.807, 2.05) is 26.0 Å². The molecule has 132 valence electrons. The first-order valence-corrected chi connectivity index (χ1v) is 8.66. The van der Waals surface area contributed by atoms with Gasteiger partial charge in [-0.15, -0.1) is 0 Å². The molecule has 5 nitrogen and oxygen atoms in total. The molecule has 0 unspecified atom stereocenters. The Kier molecular flexibility index (Phi) is 4.66. The maximum absolute atomic E-state index is 12.8. The van der Waals surface area contributed by atoms with Crippen LogP contribution in [0.2, 0.25) is 0 Å². The molecule has 5 heteroatoms. The maximum atomic E-state index is 12.8. The fourth-order valence-corrected chi connectivity index (χ4v) is 3.21. The van der Waals surface area contributed by atoms with Crippen LogP contribution in [-0.4, -0.2) is 14.9 Å². The van der Waals surface area contributed by atoms with Crippen molar-refractivity contribution >= 4 is 16.9 Å². The SMILES string of the molecule is Cc1cc(C(=O)Cn2c(=O)oc3ccccc32)c(C)n1CCC(C)C. The smallest absolute Gasteiger partial charge is 0.408 e. The number of fused-ring (bicyclic) bond motifs is 1. The fraction of sp³-hybridized carbons (Fsp3) is 0.400. The van der Waals surface area contributed by atoms with Crippen molar-refractivity contribution in [2.75, 3.05) is 0 Å². The quantitative estimate of drug-likeness (QED) is 0.639. The Morgan fingerprint density at radius 1 is 1.16 bits per heavy atom. The van der Waals surface area contributed by atoms with Crippen LogP contribution in [0.1, 0.15) is 42.0 Å². The van der Waals surface area contributed by atoms with Crippen molar-refractivity contribution in [2.24, 2.45) is 5.92 Å². The second-order valence-corrected chi connectivity index (χ2v) is 6.96. The van der Waals surface area contributed by atoms with Gasteiger partial charge in [0.25, 0.3) is 0 Å². The van der Waals surface area contributed by atoms with Crippen LogP contribution < -0.4 is 5.76 Å². The summed E-state index contributed by atoms with van der Waals surface area (Å²) in [6, 6.07) is 9.08. The summed E-state index contributed by atoms with van der Waals surface area (Å²) in [6.45, 7) is 9.26. The Morgan fingerprint density at radius 3 is 2.60 bits per heavy atom. The van der Waals surface area contributed by atoms with Gasteiger partial charge in [0.2, 0.25) is 0 Å². The number of rotatable bonds is 6. The Morgan fingerprint density at radius 2 is 1.88 bits per heavy atom. The van der Waals surface area contributed by atoms with Gasteiger partial charge in [-0.3, -0.25) is 9.36 Å². The van der Waals surface area contributed by atoms with Crippen molar-refractivity contribution in [3.63, 3.8) is 0 Å². The van der Waals surface area contributed by atoms with Crippen molar-refractivity contribution in [1.29, 1.82) is 0 Å². The maximum Gasteiger partial charge on any atom is 0.420 e. The predicted octanol–water partition coefficient (Wildman–Crippen LogP) is 3.94. The van der Waals surface area contributed by atoms with Crippen LogP contribution in [0.25, 0.3) is 11.1 Å². The molecule has 0 aliphatic carbocycles. The van der Waals surface area contributed by atoms with Crippen LogP contribution in [0.3, 0.4) is 0 Å². The summed E-state index contributed by atoms with van der Waals surface area (Å²) in [5.74, 6) is 0.0388. The van der Waals surface area contributed by atoms with Gasteiger partial charge in [0, 0.05) is 23.5 Å². The average molecular weight is 340 g/mol. The third-order valence-electron chi connectivity index (χ3n) is 4.68. The molecule has 0 amide bonds. The number of carbonyl (C=O) groups excluding carboxylic acids is 1. The number of para-hydroxylation sites is 2. The van der Waals surface area contributed by atoms with Gasteiger partial charge in [0.05, 0.1) is 12.1 Å². The van der Waals surface area contributed by atoms with Gasteiger partial charge in [-0.1, -0.05) is 26.0 Å². The van der Waals surface area contributed by atoms with Gasteiger partial charge in [-0.05, 0) is 44.4 Å². The number of aryl methyl sites for hydroxylation is 1. The van der Waals surface area contributed by atoms with Gasteiger partial charge in [-0.2, -0.15) is 0 Å². The summed E-state index contributed by atoms with van der Waals surface area (Å²) in [5, 5.41) is 0. The third kappa shape index (κ3) is 3.31. The zero-order valence-electron chi connectivity index (χ0n) is 15.2. The number of ketones is 1. The van der Waals surface area contributed by atoms with E-state index < -0.39 is 5.76 Å². The van der Waals surface area contributed by atoms with Crippen molar-refractivity contribution in [1.82, 2.24) is 9.13 Å². The molecule has 0 saturated heterocycles. The first-order chi connectivity index (χ1) is 11.9. The molecule has 0 radical (unpaired) electrons. The van der Waals surface area contributed by atoms with Crippen LogP contribution in [0.4, 0.5) is 0 Å². The first kappa shape index (κ1) is 17.3. The van der Waals surface area contributed by atoms with E-state index in [9.17, 15) is 9.59 Å². The summed E-state index contributed by atoms with van der Waals surface area (Å²) in [5.41, 5.74) is 3.87. The van der Waals surface area contributed by atoms with Crippen LogP contribution in [-0.2, 0) is 13.1 Å². The Hall–Kier alpha value is -2.56. The summed E-state index contributed by atoms with van der Waals surface area (Å²) in [6.07, 6.45) is 1.07. The van der Waals surface area contributed by atoms with Crippen LogP contribution in [0.5, 0.6) is 0 Å². The number of hydrogen-bond donors (Lipinski definition) is 0. The standard InChI is InChI=1S/C20H24N2O3/c1-13(2)9-10-21-14(3)11-16(15(21)4)18(23)12-22-17-7-5-6-8-19(17)25-20(22)24/h5-8,11,13H,9-10,12H2,1-4H3. The monoisotopic (exact) mass is 340 g/mol. The lowest BCUT2D eigenvalue weighted by Gasteiger charge is -2.11. The average Bonchev–Trinajstić information content (AvgIpc) is 3.02. The van der Waals surface area contributed by atoms with E-state index in [-0.39, 0.29) is 12.3 Å². The lowest BCUT2D eigenvalue weighted by Crippen LogP contribution is -2.20. The fourth-order valence-electron chi connectivity index (χ4n) is 3.21. The highest BCUT2D eigenvalue weighted by atomic mass is 16.4. The minimum atomic E-state index is -0.497. The molecule has 0 N–H and O–H groups in total. The highest BCUT2D eigenvalue weighted by Crippen LogP contribution is 2.19. The zero-order chi connectivity index (χ0) is 18.1. The van der Waals surface area contributed by atoms with Gasteiger partial charge < -0.3 is 8.98 Å². The molecule has 0 fully saturated rings. The summed E-state index contributed by atoms with van der Waals surface area (Å²) < 4.78 is 8.79. The number of hydrogen-bond acceptors (Lipinski definition) is 3. The van der Waals surface area contributed by atoms with Crippen molar-refractivity contribution in [3.8, 4) is 0 Å². The highest BCUT2D eigenvalue weighted by molar-refractivity contribution is 5.98. The molecule has 25 heavy (non-hydrogen) atoms. The highest BCUT2D eigenvalue weighted by Gasteiger charge is 2.19. The van der Waals surface area contributed by atoms with Gasteiger partial charge in [0.1, 0.15) is 0 Å². The summed E-state index contributed by atoms with van der Waals surface area (Å²) in [7, 11) is 0. The zero-order valence-corrected chi connectivity index (χ0v) is 15.2. The second kappa shape index (κ2) is 6.75. The van der Waals surface area contributed by atoms with Crippen LogP contribution in [0, 0.1) is 19.8 Å². The van der Waals surface area contributed by atoms with E-state index in [4.69, 9.17) is 4.42 Å². The largest absolute Gasteiger partial charge is 0.420 e. The van der Waals surface area contributed by atoms with E-state index in [2.05, 4.69) is 18.4 Å². The Labute approximate surface area is 146 Å². The molecule has 2 aromatic heterocycles. The van der Waals surface area contributed by atoms with Gasteiger partial charge >= 0.3 is 5.76 Å². The second-order valence-electron chi connectivity index (χ2n) is 6.96. The third-order valence-corrected chi connectivity index (χ3v) is 4.68. The molecule has 3 rings (SSSR count). The van der Waals surface area contributed by atoms with E-state index in [1.165, 1.54) is 4.57 Å². The number of carbonyl (C=O) groups is 1. The van der Waals surface area contributed by atoms with Crippen LogP contribution >= 0.6 is 0 Å². The number of benzene rings is 1. The first-order valence-electron chi connectivity index (χ1n) is 8.66. The van der Waals surface area contributed by atoms with Gasteiger partial charge in [0.15, 0.2) is 11.4 Å². The lowest BCUT2D eigenvalue weighted by molar-refractivity contribution is 0.0970. The number of aromatic nitrogens is 2. The van der Waals surface area contributed by atoms with Crippen molar-refractivity contribution in [3.05, 3.63) is 57.8 Å². The molecule has 2 heterocycles. The molecule has 3 aromatic rings. The van der Waals surface area contributed by atoms with Crippen molar-refractivity contribution in [2.45, 2.75) is 47.2 Å². The molecule has 0 saturated carbocycles. The number of oxazole rings is 1. The van der Waals surface area contributed by atoms with E-state index in [0.717, 1.165) is 24.4 Å². The van der Waals surface area contributed by atoms with Gasteiger partial charge in [-0.25, -0.2) is 4.79 Å². The predicted molar refractivity (Wildman–Crippen MR) is 98.2 cm³/mol. The van der Waals surface area contributed by atoms with E-state index in [0.29, 0.717) is 22.6 Å². The Bertz CT molecular complexity index is 973. The topological polar surface area (TPSA) is 57.1 Å². The van der Waals surface area contributed by atoms with E-state index in [1.54, 1.807) is 18.2 Å². The Balaban J connectivity index is 1.90. The summed E-state index contributed by atoms with van der Waals surface area (Å²) >= 11 is 0. The molecule has 0 atom stereocenters. The number of Topliss-reactive ketones (excluding diaryl/α,β-unsaturated/α-hetero) is 1. The number of nitrogens with zero attached hydrogens (tertiary/aromatic N) is 2. The lowest BCUT2D eigenvalue weighted by atomic mass is 10.1. The molecule has 0 aliphatic rings. The minimum absolute atomic E-state index is 0.00960. The van der Waals surface area contributed by atoms with Crippen molar-refractivity contribution < 1.29 is 9.21 Å². The minimum Gasteiger partial charge on any atom is -0.408 e. The molecule has 0 aliphatic heterocycles. The molecular weight excluding hydrogens is 316 g/mol. The normalized spacial score (nSPS) is 11.6. The molecular formula is C20H24N2O3. The summed E-state index contributed by atoms with van der Waals surface area (Å²) in [4.78, 5) is 24.9. The van der Waals surface area contributed by atoms with E-state index >= 15 is 0 Å². The molecule has 1 aromatic carbocycles. The van der Waals surface area contributed by atoms with Crippen LogP contribution in [0.15, 0.2) is 39.5 Å².